The monoisotopic (exact) mass is 446 g/mol. The molecule has 0 bridgehead atoms. The first-order valence-electron chi connectivity index (χ1n) is 10.9. The fraction of sp³-hybridized carbons (Fsp3) is 0.571. The van der Waals surface area contributed by atoms with Gasteiger partial charge in [0, 0.05) is 44.8 Å². The molecule has 10 heteroatoms. The summed E-state index contributed by atoms with van der Waals surface area (Å²) < 4.78 is 24.9. The van der Waals surface area contributed by atoms with Gasteiger partial charge in [-0.15, -0.1) is 0 Å². The van der Waals surface area contributed by atoms with Crippen LogP contribution in [0.5, 0.6) is 0 Å². The van der Waals surface area contributed by atoms with E-state index in [1.54, 1.807) is 18.3 Å². The SMILES string of the molecule is CS(=O)(=O)N1CCN(c2cnc3ccc(C(=O)NCCN4CCCCC4)cc3n2)CC1. The number of aromatic nitrogens is 2. The van der Waals surface area contributed by atoms with Gasteiger partial charge in [0.1, 0.15) is 5.82 Å². The quantitative estimate of drug-likeness (QED) is 0.705. The van der Waals surface area contributed by atoms with E-state index in [1.807, 2.05) is 11.0 Å². The van der Waals surface area contributed by atoms with E-state index in [0.29, 0.717) is 49.6 Å². The largest absolute Gasteiger partial charge is 0.353 e. The van der Waals surface area contributed by atoms with Crippen LogP contribution in [0.1, 0.15) is 29.6 Å². The van der Waals surface area contributed by atoms with Gasteiger partial charge in [-0.1, -0.05) is 6.42 Å². The molecule has 1 aromatic heterocycles. The lowest BCUT2D eigenvalue weighted by Gasteiger charge is -2.33. The smallest absolute Gasteiger partial charge is 0.251 e. The Bertz CT molecular complexity index is 1030. The third kappa shape index (κ3) is 5.50. The molecular formula is C21H30N6O3S. The maximum atomic E-state index is 12.6. The van der Waals surface area contributed by atoms with Crippen molar-refractivity contribution in [2.24, 2.45) is 0 Å². The number of sulfonamides is 1. The zero-order valence-corrected chi connectivity index (χ0v) is 18.8. The molecule has 0 spiro atoms. The van der Waals surface area contributed by atoms with Crippen LogP contribution in [-0.2, 0) is 10.0 Å². The number of nitrogens with zero attached hydrogens (tertiary/aromatic N) is 5. The highest BCUT2D eigenvalue weighted by atomic mass is 32.2. The van der Waals surface area contributed by atoms with Gasteiger partial charge in [-0.05, 0) is 44.1 Å². The number of carbonyl (C=O) groups excluding carboxylic acids is 1. The number of amides is 1. The van der Waals surface area contributed by atoms with Crippen molar-refractivity contribution in [3.05, 3.63) is 30.0 Å². The Morgan fingerprint density at radius 2 is 1.77 bits per heavy atom. The molecule has 9 nitrogen and oxygen atoms in total. The standard InChI is InChI=1S/C21H30N6O3S/c1-31(29,30)27-13-11-26(12-14-27)20-16-23-18-6-5-17(15-19(18)24-20)21(28)22-7-10-25-8-3-2-4-9-25/h5-6,15-16H,2-4,7-14H2,1H3,(H,22,28). The molecule has 3 heterocycles. The van der Waals surface area contributed by atoms with Crippen molar-refractivity contribution in [2.45, 2.75) is 19.3 Å². The number of piperazine rings is 1. The van der Waals surface area contributed by atoms with Gasteiger partial charge in [-0.2, -0.15) is 4.31 Å². The molecule has 0 radical (unpaired) electrons. The van der Waals surface area contributed by atoms with Crippen LogP contribution in [0, 0.1) is 0 Å². The molecular weight excluding hydrogens is 416 g/mol. The summed E-state index contributed by atoms with van der Waals surface area (Å²) in [6.07, 6.45) is 6.72. The third-order valence-corrected chi connectivity index (χ3v) is 7.29. The summed E-state index contributed by atoms with van der Waals surface area (Å²) in [4.78, 5) is 26.2. The van der Waals surface area contributed by atoms with E-state index >= 15 is 0 Å². The number of likely N-dealkylation sites (tertiary alicyclic amines) is 1. The fourth-order valence-electron chi connectivity index (χ4n) is 4.16. The molecule has 0 saturated carbocycles. The molecule has 0 unspecified atom stereocenters. The van der Waals surface area contributed by atoms with E-state index in [9.17, 15) is 13.2 Å². The van der Waals surface area contributed by atoms with E-state index in [0.717, 1.165) is 25.2 Å². The van der Waals surface area contributed by atoms with Crippen molar-refractivity contribution in [1.29, 1.82) is 0 Å². The van der Waals surface area contributed by atoms with Gasteiger partial charge >= 0.3 is 0 Å². The fourth-order valence-corrected chi connectivity index (χ4v) is 4.98. The Kier molecular flexibility index (Phi) is 6.68. The molecule has 2 aliphatic heterocycles. The van der Waals surface area contributed by atoms with Crippen molar-refractivity contribution in [3.63, 3.8) is 0 Å². The highest BCUT2D eigenvalue weighted by molar-refractivity contribution is 7.88. The number of carbonyl (C=O) groups is 1. The van der Waals surface area contributed by atoms with E-state index in [4.69, 9.17) is 4.98 Å². The van der Waals surface area contributed by atoms with E-state index in [1.165, 1.54) is 29.8 Å². The molecule has 2 saturated heterocycles. The lowest BCUT2D eigenvalue weighted by molar-refractivity contribution is 0.0946. The highest BCUT2D eigenvalue weighted by Crippen LogP contribution is 2.19. The van der Waals surface area contributed by atoms with Gasteiger partial charge in [-0.25, -0.2) is 13.4 Å². The summed E-state index contributed by atoms with van der Waals surface area (Å²) in [5.74, 6) is 0.594. The molecule has 31 heavy (non-hydrogen) atoms. The average molecular weight is 447 g/mol. The lowest BCUT2D eigenvalue weighted by Crippen LogP contribution is -2.48. The summed E-state index contributed by atoms with van der Waals surface area (Å²) in [6, 6.07) is 5.36. The minimum atomic E-state index is -3.17. The number of nitrogens with one attached hydrogen (secondary N) is 1. The van der Waals surface area contributed by atoms with Gasteiger partial charge in [0.2, 0.25) is 10.0 Å². The average Bonchev–Trinajstić information content (AvgIpc) is 2.78. The minimum Gasteiger partial charge on any atom is -0.353 e. The Morgan fingerprint density at radius 1 is 1.03 bits per heavy atom. The molecule has 1 N–H and O–H groups in total. The summed E-state index contributed by atoms with van der Waals surface area (Å²) in [7, 11) is -3.17. The summed E-state index contributed by atoms with van der Waals surface area (Å²) in [5, 5.41) is 3.01. The lowest BCUT2D eigenvalue weighted by atomic mass is 10.1. The number of rotatable bonds is 6. The van der Waals surface area contributed by atoms with Gasteiger partial charge in [0.05, 0.1) is 23.5 Å². The number of hydrogen-bond donors (Lipinski definition) is 1. The van der Waals surface area contributed by atoms with Crippen molar-refractivity contribution in [2.75, 3.05) is 63.5 Å². The molecule has 0 aliphatic carbocycles. The van der Waals surface area contributed by atoms with Crippen molar-refractivity contribution < 1.29 is 13.2 Å². The molecule has 0 atom stereocenters. The van der Waals surface area contributed by atoms with E-state index in [-0.39, 0.29) is 5.91 Å². The highest BCUT2D eigenvalue weighted by Gasteiger charge is 2.24. The zero-order valence-electron chi connectivity index (χ0n) is 18.0. The van der Waals surface area contributed by atoms with Crippen LogP contribution in [0.2, 0.25) is 0 Å². The topological polar surface area (TPSA) is 98.7 Å². The van der Waals surface area contributed by atoms with Crippen molar-refractivity contribution >= 4 is 32.8 Å². The summed E-state index contributed by atoms with van der Waals surface area (Å²) >= 11 is 0. The van der Waals surface area contributed by atoms with Crippen LogP contribution in [0.4, 0.5) is 5.82 Å². The van der Waals surface area contributed by atoms with Crippen LogP contribution in [0.15, 0.2) is 24.4 Å². The molecule has 4 rings (SSSR count). The number of fused-ring (bicyclic) bond motifs is 1. The van der Waals surface area contributed by atoms with Crippen molar-refractivity contribution in [3.8, 4) is 0 Å². The number of hydrogen-bond acceptors (Lipinski definition) is 7. The van der Waals surface area contributed by atoms with Crippen LogP contribution >= 0.6 is 0 Å². The number of anilines is 1. The van der Waals surface area contributed by atoms with Crippen molar-refractivity contribution in [1.82, 2.24) is 24.5 Å². The second-order valence-corrected chi connectivity index (χ2v) is 10.2. The molecule has 2 fully saturated rings. The Labute approximate surface area is 183 Å². The predicted molar refractivity (Wildman–Crippen MR) is 121 cm³/mol. The first kappa shape index (κ1) is 21.9. The maximum Gasteiger partial charge on any atom is 0.251 e. The Hall–Kier alpha value is -2.30. The normalized spacial score (nSPS) is 18.9. The maximum absolute atomic E-state index is 12.6. The first-order valence-corrected chi connectivity index (χ1v) is 12.7. The Morgan fingerprint density at radius 3 is 2.48 bits per heavy atom. The van der Waals surface area contributed by atoms with Crippen LogP contribution in [0.3, 0.4) is 0 Å². The van der Waals surface area contributed by atoms with Gasteiger partial charge in [0.15, 0.2) is 0 Å². The molecule has 168 valence electrons. The van der Waals surface area contributed by atoms with Gasteiger partial charge < -0.3 is 15.1 Å². The number of benzene rings is 1. The predicted octanol–water partition coefficient (Wildman–Crippen LogP) is 0.927. The van der Waals surface area contributed by atoms with Gasteiger partial charge in [-0.3, -0.25) is 9.78 Å². The zero-order chi connectivity index (χ0) is 21.8. The first-order chi connectivity index (χ1) is 14.9. The van der Waals surface area contributed by atoms with Gasteiger partial charge in [0.25, 0.3) is 5.91 Å². The molecule has 2 aromatic rings. The van der Waals surface area contributed by atoms with E-state index in [2.05, 4.69) is 15.2 Å². The van der Waals surface area contributed by atoms with Crippen LogP contribution in [-0.4, -0.2) is 92.1 Å². The molecule has 1 aromatic carbocycles. The van der Waals surface area contributed by atoms with Crippen LogP contribution < -0.4 is 10.2 Å². The summed E-state index contributed by atoms with van der Waals surface area (Å²) in [5.41, 5.74) is 1.95. The van der Waals surface area contributed by atoms with E-state index < -0.39 is 10.0 Å². The molecule has 2 aliphatic rings. The third-order valence-electron chi connectivity index (χ3n) is 5.99. The number of piperidine rings is 1. The summed E-state index contributed by atoms with van der Waals surface area (Å²) in [6.45, 7) is 5.71. The second kappa shape index (κ2) is 9.46. The molecule has 1 amide bonds. The minimum absolute atomic E-state index is 0.104. The second-order valence-electron chi connectivity index (χ2n) is 8.24. The van der Waals surface area contributed by atoms with Crippen LogP contribution in [0.25, 0.3) is 11.0 Å². The Balaban J connectivity index is 1.39.